The van der Waals surface area contributed by atoms with Crippen molar-refractivity contribution in [2.75, 3.05) is 0 Å². The lowest BCUT2D eigenvalue weighted by atomic mass is 10.4. The van der Waals surface area contributed by atoms with Crippen LogP contribution < -0.4 is 5.56 Å². The highest BCUT2D eigenvalue weighted by Crippen LogP contribution is 2.01. The van der Waals surface area contributed by atoms with Crippen molar-refractivity contribution < 1.29 is 0 Å². The third-order valence-corrected chi connectivity index (χ3v) is 1.73. The SMILES string of the molecule is Cc1cccc(-n2ccc(=O)[nH]2)n1. The van der Waals surface area contributed by atoms with Gasteiger partial charge in [0, 0.05) is 18.0 Å². The van der Waals surface area contributed by atoms with Gasteiger partial charge >= 0.3 is 0 Å². The number of aromatic amines is 1. The average molecular weight is 175 g/mol. The average Bonchev–Trinajstić information content (AvgIpc) is 2.52. The maximum Gasteiger partial charge on any atom is 0.264 e. The van der Waals surface area contributed by atoms with Crippen LogP contribution in [0.3, 0.4) is 0 Å². The van der Waals surface area contributed by atoms with E-state index in [1.54, 1.807) is 10.9 Å². The van der Waals surface area contributed by atoms with Crippen molar-refractivity contribution in [3.8, 4) is 5.82 Å². The van der Waals surface area contributed by atoms with Gasteiger partial charge in [-0.2, -0.15) is 0 Å². The van der Waals surface area contributed by atoms with Crippen molar-refractivity contribution in [2.45, 2.75) is 6.92 Å². The quantitative estimate of drug-likeness (QED) is 0.699. The Labute approximate surface area is 74.8 Å². The molecule has 0 saturated heterocycles. The molecule has 0 aliphatic rings. The minimum absolute atomic E-state index is 0.122. The van der Waals surface area contributed by atoms with Gasteiger partial charge in [-0.1, -0.05) is 6.07 Å². The normalized spacial score (nSPS) is 10.2. The summed E-state index contributed by atoms with van der Waals surface area (Å²) in [5.41, 5.74) is 0.801. The van der Waals surface area contributed by atoms with Crippen LogP contribution in [-0.2, 0) is 0 Å². The second-order valence-corrected chi connectivity index (χ2v) is 2.80. The predicted molar refractivity (Wildman–Crippen MR) is 48.9 cm³/mol. The van der Waals surface area contributed by atoms with Gasteiger partial charge in [0.25, 0.3) is 5.56 Å². The Hall–Kier alpha value is -1.84. The van der Waals surface area contributed by atoms with Gasteiger partial charge in [-0.05, 0) is 19.1 Å². The first-order chi connectivity index (χ1) is 6.25. The van der Waals surface area contributed by atoms with E-state index < -0.39 is 0 Å². The summed E-state index contributed by atoms with van der Waals surface area (Å²) in [6, 6.07) is 7.11. The van der Waals surface area contributed by atoms with Crippen LogP contribution in [0.15, 0.2) is 35.3 Å². The molecule has 0 aliphatic carbocycles. The lowest BCUT2D eigenvalue weighted by Crippen LogP contribution is -2.04. The summed E-state index contributed by atoms with van der Waals surface area (Å²) >= 11 is 0. The van der Waals surface area contributed by atoms with Crippen LogP contribution in [0.2, 0.25) is 0 Å². The molecule has 0 spiro atoms. The highest BCUT2D eigenvalue weighted by Gasteiger charge is 1.96. The van der Waals surface area contributed by atoms with Crippen LogP contribution in [0.4, 0.5) is 0 Å². The standard InChI is InChI=1S/C9H9N3O/c1-7-3-2-4-8(10-7)12-6-5-9(13)11-12/h2-6H,1H3,(H,11,13). The minimum atomic E-state index is -0.122. The van der Waals surface area contributed by atoms with Gasteiger partial charge in [0.1, 0.15) is 0 Å². The number of nitrogens with zero attached hydrogens (tertiary/aromatic N) is 2. The topological polar surface area (TPSA) is 50.7 Å². The molecule has 2 heterocycles. The highest BCUT2D eigenvalue weighted by molar-refractivity contribution is 5.22. The third-order valence-electron chi connectivity index (χ3n) is 1.73. The summed E-state index contributed by atoms with van der Waals surface area (Å²) in [4.78, 5) is 15.1. The Morgan fingerprint density at radius 1 is 1.38 bits per heavy atom. The molecular weight excluding hydrogens is 166 g/mol. The molecule has 2 aromatic heterocycles. The second-order valence-electron chi connectivity index (χ2n) is 2.80. The number of hydrogen-bond acceptors (Lipinski definition) is 2. The molecule has 4 heteroatoms. The van der Waals surface area contributed by atoms with Gasteiger partial charge in [-0.25, -0.2) is 9.67 Å². The van der Waals surface area contributed by atoms with Crippen molar-refractivity contribution in [3.05, 3.63) is 46.5 Å². The van der Waals surface area contributed by atoms with E-state index in [-0.39, 0.29) is 5.56 Å². The monoisotopic (exact) mass is 175 g/mol. The molecule has 0 saturated carbocycles. The molecular formula is C9H9N3O. The van der Waals surface area contributed by atoms with E-state index in [0.717, 1.165) is 11.5 Å². The smallest absolute Gasteiger partial charge is 0.264 e. The number of aryl methyl sites for hydroxylation is 1. The molecule has 0 aromatic carbocycles. The van der Waals surface area contributed by atoms with Crippen LogP contribution in [0.5, 0.6) is 0 Å². The summed E-state index contributed by atoms with van der Waals surface area (Å²) in [7, 11) is 0. The largest absolute Gasteiger partial charge is 0.268 e. The minimum Gasteiger partial charge on any atom is -0.268 e. The first-order valence-electron chi connectivity index (χ1n) is 3.97. The van der Waals surface area contributed by atoms with Gasteiger partial charge in [0.2, 0.25) is 0 Å². The van der Waals surface area contributed by atoms with Crippen LogP contribution in [0.1, 0.15) is 5.69 Å². The van der Waals surface area contributed by atoms with Gasteiger partial charge in [-0.15, -0.1) is 0 Å². The molecule has 0 unspecified atom stereocenters. The Kier molecular flexibility index (Phi) is 1.73. The Bertz CT molecular complexity index is 469. The molecule has 0 amide bonds. The zero-order valence-corrected chi connectivity index (χ0v) is 7.19. The molecule has 0 atom stereocenters. The first-order valence-corrected chi connectivity index (χ1v) is 3.97. The maximum atomic E-state index is 10.8. The fourth-order valence-electron chi connectivity index (χ4n) is 1.13. The lowest BCUT2D eigenvalue weighted by molar-refractivity contribution is 0.828. The number of nitrogens with one attached hydrogen (secondary N) is 1. The maximum absolute atomic E-state index is 10.8. The zero-order chi connectivity index (χ0) is 9.26. The second kappa shape index (κ2) is 2.90. The van der Waals surface area contributed by atoms with E-state index in [0.29, 0.717) is 0 Å². The molecule has 1 N–H and O–H groups in total. The van der Waals surface area contributed by atoms with Gasteiger partial charge in [-0.3, -0.25) is 9.89 Å². The van der Waals surface area contributed by atoms with Crippen LogP contribution in [0, 0.1) is 6.92 Å². The van der Waals surface area contributed by atoms with Crippen LogP contribution in [-0.4, -0.2) is 14.8 Å². The van der Waals surface area contributed by atoms with Crippen molar-refractivity contribution in [3.63, 3.8) is 0 Å². The Morgan fingerprint density at radius 3 is 2.85 bits per heavy atom. The molecule has 0 fully saturated rings. The first kappa shape index (κ1) is 7.79. The zero-order valence-electron chi connectivity index (χ0n) is 7.19. The van der Waals surface area contributed by atoms with E-state index >= 15 is 0 Å². The fourth-order valence-corrected chi connectivity index (χ4v) is 1.13. The van der Waals surface area contributed by atoms with E-state index in [9.17, 15) is 4.79 Å². The summed E-state index contributed by atoms with van der Waals surface area (Å²) in [6.45, 7) is 1.91. The fraction of sp³-hybridized carbons (Fsp3) is 0.111. The number of aromatic nitrogens is 3. The molecule has 0 bridgehead atoms. The third kappa shape index (κ3) is 1.51. The lowest BCUT2D eigenvalue weighted by Gasteiger charge is -2.00. The van der Waals surface area contributed by atoms with E-state index in [1.165, 1.54) is 6.07 Å². The Morgan fingerprint density at radius 2 is 2.23 bits per heavy atom. The molecule has 66 valence electrons. The molecule has 2 rings (SSSR count). The molecule has 4 nitrogen and oxygen atoms in total. The van der Waals surface area contributed by atoms with Crippen molar-refractivity contribution in [1.82, 2.24) is 14.8 Å². The van der Waals surface area contributed by atoms with E-state index in [1.807, 2.05) is 25.1 Å². The highest BCUT2D eigenvalue weighted by atomic mass is 16.1. The van der Waals surface area contributed by atoms with E-state index in [2.05, 4.69) is 10.1 Å². The summed E-state index contributed by atoms with van der Waals surface area (Å²) in [5.74, 6) is 0.724. The van der Waals surface area contributed by atoms with Gasteiger partial charge < -0.3 is 0 Å². The predicted octanol–water partition coefficient (Wildman–Crippen LogP) is 0.869. The summed E-state index contributed by atoms with van der Waals surface area (Å²) in [6.07, 6.45) is 1.66. The molecule has 0 radical (unpaired) electrons. The van der Waals surface area contributed by atoms with E-state index in [4.69, 9.17) is 0 Å². The molecule has 13 heavy (non-hydrogen) atoms. The van der Waals surface area contributed by atoms with Crippen molar-refractivity contribution in [2.24, 2.45) is 0 Å². The number of hydrogen-bond donors (Lipinski definition) is 1. The van der Waals surface area contributed by atoms with Crippen molar-refractivity contribution in [1.29, 1.82) is 0 Å². The summed E-state index contributed by atoms with van der Waals surface area (Å²) < 4.78 is 1.59. The van der Waals surface area contributed by atoms with Crippen LogP contribution in [0.25, 0.3) is 5.82 Å². The number of rotatable bonds is 1. The van der Waals surface area contributed by atoms with Gasteiger partial charge in [0.15, 0.2) is 5.82 Å². The van der Waals surface area contributed by atoms with Gasteiger partial charge in [0.05, 0.1) is 0 Å². The number of H-pyrrole nitrogens is 1. The van der Waals surface area contributed by atoms with Crippen molar-refractivity contribution >= 4 is 0 Å². The molecule has 0 aliphatic heterocycles. The van der Waals surface area contributed by atoms with Crippen LogP contribution >= 0.6 is 0 Å². The summed E-state index contributed by atoms with van der Waals surface area (Å²) in [5, 5.41) is 2.62. The molecule has 2 aromatic rings. The Balaban J connectivity index is 2.52. The number of pyridine rings is 1.